The summed E-state index contributed by atoms with van der Waals surface area (Å²) in [5.41, 5.74) is 0. The minimum absolute atomic E-state index is 0.272. The first kappa shape index (κ1) is 14.7. The fourth-order valence-corrected chi connectivity index (χ4v) is 1.87. The lowest BCUT2D eigenvalue weighted by molar-refractivity contribution is -0.122. The highest BCUT2D eigenvalue weighted by molar-refractivity contribution is 5.80. The monoisotopic (exact) mass is 212 g/mol. The van der Waals surface area contributed by atoms with Crippen LogP contribution in [0.3, 0.4) is 0 Å². The maximum atomic E-state index is 11.7. The van der Waals surface area contributed by atoms with Crippen molar-refractivity contribution in [3.8, 4) is 0 Å². The van der Waals surface area contributed by atoms with Crippen LogP contribution in [0.15, 0.2) is 0 Å². The van der Waals surface area contributed by atoms with E-state index in [4.69, 9.17) is 0 Å². The predicted molar refractivity (Wildman–Crippen MR) is 67.0 cm³/mol. The third-order valence-corrected chi connectivity index (χ3v) is 3.50. The molecular weight excluding hydrogens is 184 g/mol. The molecule has 0 saturated heterocycles. The number of rotatable bonds is 9. The highest BCUT2D eigenvalue weighted by atomic mass is 16.1. The minimum atomic E-state index is 0.272. The number of carbonyl (C=O) groups excluding carboxylic acids is 1. The van der Waals surface area contributed by atoms with Crippen molar-refractivity contribution in [2.45, 2.75) is 72.6 Å². The van der Waals surface area contributed by atoms with Crippen molar-refractivity contribution in [2.24, 2.45) is 11.8 Å². The summed E-state index contributed by atoms with van der Waals surface area (Å²) >= 11 is 0. The first-order valence-electron chi connectivity index (χ1n) is 6.68. The Hall–Kier alpha value is -0.330. The molecule has 0 bridgehead atoms. The Morgan fingerprint density at radius 1 is 1.07 bits per heavy atom. The van der Waals surface area contributed by atoms with Crippen LogP contribution in [0.4, 0.5) is 0 Å². The van der Waals surface area contributed by atoms with Crippen LogP contribution < -0.4 is 0 Å². The lowest BCUT2D eigenvalue weighted by atomic mass is 9.90. The molecule has 0 spiro atoms. The second-order valence-electron chi connectivity index (χ2n) is 4.73. The maximum Gasteiger partial charge on any atom is 0.135 e. The normalized spacial score (nSPS) is 14.9. The highest BCUT2D eigenvalue weighted by Crippen LogP contribution is 2.20. The van der Waals surface area contributed by atoms with Crippen LogP contribution in [0.25, 0.3) is 0 Å². The van der Waals surface area contributed by atoms with E-state index in [-0.39, 0.29) is 5.92 Å². The van der Waals surface area contributed by atoms with Gasteiger partial charge in [0.25, 0.3) is 0 Å². The molecule has 0 aromatic carbocycles. The van der Waals surface area contributed by atoms with Crippen LogP contribution in [0.1, 0.15) is 72.6 Å². The molecule has 0 aliphatic carbocycles. The molecule has 0 heterocycles. The molecule has 0 fully saturated rings. The van der Waals surface area contributed by atoms with Crippen molar-refractivity contribution in [3.05, 3.63) is 0 Å². The molecule has 2 unspecified atom stereocenters. The summed E-state index contributed by atoms with van der Waals surface area (Å²) in [4.78, 5) is 11.7. The van der Waals surface area contributed by atoms with Gasteiger partial charge in [-0.3, -0.25) is 4.79 Å². The summed E-state index contributed by atoms with van der Waals surface area (Å²) in [6.07, 6.45) is 8.03. The Labute approximate surface area is 95.6 Å². The summed E-state index contributed by atoms with van der Waals surface area (Å²) < 4.78 is 0. The van der Waals surface area contributed by atoms with Crippen molar-refractivity contribution < 1.29 is 4.79 Å². The molecule has 0 N–H and O–H groups in total. The fraction of sp³-hybridized carbons (Fsp3) is 0.929. The Morgan fingerprint density at radius 3 is 2.20 bits per heavy atom. The van der Waals surface area contributed by atoms with Gasteiger partial charge in [-0.1, -0.05) is 53.4 Å². The molecule has 0 aromatic heterocycles. The molecule has 0 aromatic rings. The molecule has 2 atom stereocenters. The van der Waals surface area contributed by atoms with Gasteiger partial charge in [0.05, 0.1) is 0 Å². The molecule has 90 valence electrons. The number of hydrogen-bond acceptors (Lipinski definition) is 1. The van der Waals surface area contributed by atoms with Gasteiger partial charge >= 0.3 is 0 Å². The zero-order valence-corrected chi connectivity index (χ0v) is 11.0. The van der Waals surface area contributed by atoms with Gasteiger partial charge in [0.1, 0.15) is 5.78 Å². The van der Waals surface area contributed by atoms with Gasteiger partial charge in [-0.25, -0.2) is 0 Å². The molecule has 0 aliphatic rings. The third-order valence-electron chi connectivity index (χ3n) is 3.50. The molecule has 0 rings (SSSR count). The highest BCUT2D eigenvalue weighted by Gasteiger charge is 2.13. The number of unbranched alkanes of at least 4 members (excludes halogenated alkanes) is 1. The van der Waals surface area contributed by atoms with Gasteiger partial charge in [0.2, 0.25) is 0 Å². The Balaban J connectivity index is 3.74. The van der Waals surface area contributed by atoms with Crippen molar-refractivity contribution in [2.75, 3.05) is 0 Å². The number of carbonyl (C=O) groups is 1. The van der Waals surface area contributed by atoms with Gasteiger partial charge in [-0.15, -0.1) is 0 Å². The second-order valence-corrected chi connectivity index (χ2v) is 4.73. The van der Waals surface area contributed by atoms with Crippen LogP contribution >= 0.6 is 0 Å². The summed E-state index contributed by atoms with van der Waals surface area (Å²) in [5, 5.41) is 0. The van der Waals surface area contributed by atoms with E-state index < -0.39 is 0 Å². The maximum absolute atomic E-state index is 11.7. The van der Waals surface area contributed by atoms with Crippen molar-refractivity contribution >= 4 is 5.78 Å². The summed E-state index contributed by atoms with van der Waals surface area (Å²) in [6.45, 7) is 8.62. The topological polar surface area (TPSA) is 17.1 Å². The standard InChI is InChI=1S/C14H28O/c1-5-8-9-13(7-3)10-11-14(15)12(4)6-2/h12-13H,5-11H2,1-4H3. The number of Topliss-reactive ketones (excluding diaryl/α,β-unsaturated/α-hetero) is 1. The van der Waals surface area contributed by atoms with E-state index in [2.05, 4.69) is 27.7 Å². The lowest BCUT2D eigenvalue weighted by Crippen LogP contribution is -2.11. The van der Waals surface area contributed by atoms with Crippen LogP contribution in [-0.2, 0) is 4.79 Å². The van der Waals surface area contributed by atoms with Crippen molar-refractivity contribution in [1.29, 1.82) is 0 Å². The third kappa shape index (κ3) is 6.70. The van der Waals surface area contributed by atoms with E-state index in [0.717, 1.165) is 25.2 Å². The van der Waals surface area contributed by atoms with Crippen LogP contribution in [0, 0.1) is 11.8 Å². The molecule has 0 saturated carbocycles. The Morgan fingerprint density at radius 2 is 1.73 bits per heavy atom. The first-order valence-corrected chi connectivity index (χ1v) is 6.68. The molecule has 0 aliphatic heterocycles. The number of ketones is 1. The second kappa shape index (κ2) is 8.94. The molecular formula is C14H28O. The van der Waals surface area contributed by atoms with E-state index >= 15 is 0 Å². The van der Waals surface area contributed by atoms with Crippen LogP contribution in [0.2, 0.25) is 0 Å². The van der Waals surface area contributed by atoms with Crippen LogP contribution in [-0.4, -0.2) is 5.78 Å². The zero-order chi connectivity index (χ0) is 11.7. The molecule has 1 nitrogen and oxygen atoms in total. The molecule has 1 heteroatoms. The number of hydrogen-bond donors (Lipinski definition) is 0. The Bertz CT molecular complexity index is 163. The van der Waals surface area contributed by atoms with Crippen molar-refractivity contribution in [3.63, 3.8) is 0 Å². The predicted octanol–water partition coefficient (Wildman–Crippen LogP) is 4.60. The average Bonchev–Trinajstić information content (AvgIpc) is 2.27. The average molecular weight is 212 g/mol. The fourth-order valence-electron chi connectivity index (χ4n) is 1.87. The van der Waals surface area contributed by atoms with Gasteiger partial charge < -0.3 is 0 Å². The lowest BCUT2D eigenvalue weighted by Gasteiger charge is -2.15. The Kier molecular flexibility index (Phi) is 8.74. The summed E-state index contributed by atoms with van der Waals surface area (Å²) in [6, 6.07) is 0. The molecule has 0 amide bonds. The summed E-state index contributed by atoms with van der Waals surface area (Å²) in [5.74, 6) is 1.51. The largest absolute Gasteiger partial charge is 0.299 e. The molecule has 0 radical (unpaired) electrons. The quantitative estimate of drug-likeness (QED) is 0.546. The van der Waals surface area contributed by atoms with Crippen LogP contribution in [0.5, 0.6) is 0 Å². The SMILES string of the molecule is CCCCC(CC)CCC(=O)C(C)CC. The van der Waals surface area contributed by atoms with Gasteiger partial charge in [0, 0.05) is 12.3 Å². The van der Waals surface area contributed by atoms with Crippen molar-refractivity contribution in [1.82, 2.24) is 0 Å². The summed E-state index contributed by atoms with van der Waals surface area (Å²) in [7, 11) is 0. The molecule has 15 heavy (non-hydrogen) atoms. The smallest absolute Gasteiger partial charge is 0.135 e. The van der Waals surface area contributed by atoms with E-state index in [9.17, 15) is 4.79 Å². The van der Waals surface area contributed by atoms with E-state index in [1.54, 1.807) is 0 Å². The van der Waals surface area contributed by atoms with E-state index in [1.807, 2.05) is 0 Å². The van der Waals surface area contributed by atoms with Gasteiger partial charge in [-0.05, 0) is 18.8 Å². The zero-order valence-electron chi connectivity index (χ0n) is 11.0. The first-order chi connectivity index (χ1) is 7.15. The van der Waals surface area contributed by atoms with E-state index in [0.29, 0.717) is 5.78 Å². The van der Waals surface area contributed by atoms with E-state index in [1.165, 1.54) is 25.7 Å². The minimum Gasteiger partial charge on any atom is -0.299 e. The van der Waals surface area contributed by atoms with Gasteiger partial charge in [-0.2, -0.15) is 0 Å². The van der Waals surface area contributed by atoms with Gasteiger partial charge in [0.15, 0.2) is 0 Å².